The zero-order valence-corrected chi connectivity index (χ0v) is 20.6. The van der Waals surface area contributed by atoms with E-state index in [2.05, 4.69) is 39.0 Å². The molecule has 1 saturated heterocycles. The van der Waals surface area contributed by atoms with Crippen LogP contribution in [0, 0.1) is 0 Å². The number of rotatable bonds is 6. The molecule has 0 spiro atoms. The lowest BCUT2D eigenvalue weighted by atomic mass is 9.90. The van der Waals surface area contributed by atoms with Gasteiger partial charge in [-0.05, 0) is 73.6 Å². The Hall–Kier alpha value is -1.80. The summed E-state index contributed by atoms with van der Waals surface area (Å²) in [5, 5.41) is 0.780. The summed E-state index contributed by atoms with van der Waals surface area (Å²) in [5.74, 6) is 0.0541. The van der Waals surface area contributed by atoms with Crippen molar-refractivity contribution in [2.24, 2.45) is 0 Å². The lowest BCUT2D eigenvalue weighted by Crippen LogP contribution is -2.39. The SMILES string of the molecule is O=C(c1ccc2c(c1)CCCC2)N(CCCN1CCOCC1)c1nc2ccc(Br)cc2s1. The van der Waals surface area contributed by atoms with Crippen LogP contribution in [-0.4, -0.2) is 55.2 Å². The number of fused-ring (bicyclic) bond motifs is 2. The number of carbonyl (C=O) groups excluding carboxylic acids is 1. The van der Waals surface area contributed by atoms with Crippen LogP contribution in [0.1, 0.15) is 40.7 Å². The van der Waals surface area contributed by atoms with Crippen molar-refractivity contribution in [1.29, 1.82) is 0 Å². The van der Waals surface area contributed by atoms with E-state index in [1.807, 2.05) is 23.1 Å². The van der Waals surface area contributed by atoms with Crippen molar-refractivity contribution in [3.63, 3.8) is 0 Å². The van der Waals surface area contributed by atoms with Gasteiger partial charge in [-0.15, -0.1) is 0 Å². The van der Waals surface area contributed by atoms with E-state index >= 15 is 0 Å². The predicted molar refractivity (Wildman–Crippen MR) is 134 cm³/mol. The molecule has 2 heterocycles. The Bertz CT molecular complexity index is 1110. The molecule has 168 valence electrons. The van der Waals surface area contributed by atoms with Crippen LogP contribution < -0.4 is 4.90 Å². The fourth-order valence-corrected chi connectivity index (χ4v) is 6.13. The molecule has 2 aliphatic rings. The smallest absolute Gasteiger partial charge is 0.260 e. The molecule has 0 N–H and O–H groups in total. The van der Waals surface area contributed by atoms with E-state index in [9.17, 15) is 4.79 Å². The number of anilines is 1. The van der Waals surface area contributed by atoms with Crippen molar-refractivity contribution in [3.8, 4) is 0 Å². The number of halogens is 1. The number of amides is 1. The molecule has 7 heteroatoms. The van der Waals surface area contributed by atoms with E-state index in [0.29, 0.717) is 6.54 Å². The van der Waals surface area contributed by atoms with Crippen molar-refractivity contribution < 1.29 is 9.53 Å². The van der Waals surface area contributed by atoms with Crippen LogP contribution >= 0.6 is 27.3 Å². The van der Waals surface area contributed by atoms with Crippen LogP contribution in [0.3, 0.4) is 0 Å². The second-order valence-electron chi connectivity index (χ2n) is 8.56. The fourth-order valence-electron chi connectivity index (χ4n) is 4.59. The van der Waals surface area contributed by atoms with Gasteiger partial charge in [-0.2, -0.15) is 0 Å². The minimum atomic E-state index is 0.0541. The summed E-state index contributed by atoms with van der Waals surface area (Å²) in [6.45, 7) is 5.15. The van der Waals surface area contributed by atoms with Gasteiger partial charge in [0, 0.05) is 36.2 Å². The normalized spacial score (nSPS) is 16.8. The molecule has 1 aliphatic heterocycles. The number of carbonyl (C=O) groups is 1. The van der Waals surface area contributed by atoms with Gasteiger partial charge in [0.05, 0.1) is 23.4 Å². The van der Waals surface area contributed by atoms with Crippen LogP contribution in [0.25, 0.3) is 10.2 Å². The highest BCUT2D eigenvalue weighted by Gasteiger charge is 2.23. The van der Waals surface area contributed by atoms with Gasteiger partial charge in [0.2, 0.25) is 0 Å². The van der Waals surface area contributed by atoms with E-state index in [1.165, 1.54) is 24.0 Å². The first kappa shape index (κ1) is 22.0. The molecule has 0 saturated carbocycles. The van der Waals surface area contributed by atoms with Crippen molar-refractivity contribution in [2.75, 3.05) is 44.3 Å². The van der Waals surface area contributed by atoms with Crippen molar-refractivity contribution in [2.45, 2.75) is 32.1 Å². The highest BCUT2D eigenvalue weighted by Crippen LogP contribution is 2.32. The lowest BCUT2D eigenvalue weighted by Gasteiger charge is -2.28. The van der Waals surface area contributed by atoms with Crippen LogP contribution in [-0.2, 0) is 17.6 Å². The summed E-state index contributed by atoms with van der Waals surface area (Å²) in [4.78, 5) is 22.8. The average molecular weight is 514 g/mol. The maximum Gasteiger partial charge on any atom is 0.260 e. The standard InChI is InChI=1S/C25H28BrN3O2S/c26-21-8-9-22-23(17-21)32-25(27-22)29(11-3-10-28-12-14-31-15-13-28)24(30)20-7-6-18-4-1-2-5-19(18)16-20/h6-9,16-17H,1-5,10-15H2. The summed E-state index contributed by atoms with van der Waals surface area (Å²) in [6.07, 6.45) is 5.56. The van der Waals surface area contributed by atoms with Crippen molar-refractivity contribution in [3.05, 3.63) is 57.6 Å². The Balaban J connectivity index is 1.40. The molecule has 3 aromatic rings. The first-order chi connectivity index (χ1) is 15.7. The van der Waals surface area contributed by atoms with Gasteiger partial charge in [0.1, 0.15) is 0 Å². The van der Waals surface area contributed by atoms with Gasteiger partial charge in [0.25, 0.3) is 5.91 Å². The maximum absolute atomic E-state index is 13.7. The average Bonchev–Trinajstić information content (AvgIpc) is 3.24. The number of morpholine rings is 1. The quantitative estimate of drug-likeness (QED) is 0.448. The van der Waals surface area contributed by atoms with E-state index in [4.69, 9.17) is 9.72 Å². The number of ether oxygens (including phenoxy) is 1. The van der Waals surface area contributed by atoms with Gasteiger partial charge in [-0.3, -0.25) is 14.6 Å². The summed E-state index contributed by atoms with van der Waals surface area (Å²) in [5.41, 5.74) is 4.45. The number of aryl methyl sites for hydroxylation is 2. The van der Waals surface area contributed by atoms with Crippen molar-refractivity contribution >= 4 is 48.5 Å². The van der Waals surface area contributed by atoms with Gasteiger partial charge >= 0.3 is 0 Å². The first-order valence-corrected chi connectivity index (χ1v) is 13.1. The van der Waals surface area contributed by atoms with E-state index in [-0.39, 0.29) is 5.91 Å². The summed E-state index contributed by atoms with van der Waals surface area (Å²) >= 11 is 5.14. The molecule has 5 rings (SSSR count). The van der Waals surface area contributed by atoms with Gasteiger partial charge in [0.15, 0.2) is 5.13 Å². The second-order valence-corrected chi connectivity index (χ2v) is 10.5. The van der Waals surface area contributed by atoms with Crippen LogP contribution in [0.5, 0.6) is 0 Å². The molecule has 1 aromatic heterocycles. The lowest BCUT2D eigenvalue weighted by molar-refractivity contribution is 0.0376. The highest BCUT2D eigenvalue weighted by atomic mass is 79.9. The van der Waals surface area contributed by atoms with E-state index in [0.717, 1.165) is 77.5 Å². The van der Waals surface area contributed by atoms with Crippen LogP contribution in [0.15, 0.2) is 40.9 Å². The molecule has 0 unspecified atom stereocenters. The fraction of sp³-hybridized carbons (Fsp3) is 0.440. The largest absolute Gasteiger partial charge is 0.379 e. The first-order valence-electron chi connectivity index (χ1n) is 11.5. The third-order valence-electron chi connectivity index (χ3n) is 6.37. The second kappa shape index (κ2) is 10.00. The van der Waals surface area contributed by atoms with Crippen LogP contribution in [0.2, 0.25) is 0 Å². The minimum Gasteiger partial charge on any atom is -0.379 e. The predicted octanol–water partition coefficient (Wildman–Crippen LogP) is 5.31. The third kappa shape index (κ3) is 4.91. The monoisotopic (exact) mass is 513 g/mol. The van der Waals surface area contributed by atoms with Crippen LogP contribution in [0.4, 0.5) is 5.13 Å². The highest BCUT2D eigenvalue weighted by molar-refractivity contribution is 9.10. The van der Waals surface area contributed by atoms with E-state index in [1.54, 1.807) is 11.3 Å². The van der Waals surface area contributed by atoms with Gasteiger partial charge in [-0.25, -0.2) is 4.98 Å². The molecule has 5 nitrogen and oxygen atoms in total. The molecular weight excluding hydrogens is 486 g/mol. The summed E-state index contributed by atoms with van der Waals surface area (Å²) in [7, 11) is 0. The molecule has 0 atom stereocenters. The maximum atomic E-state index is 13.7. The summed E-state index contributed by atoms with van der Waals surface area (Å²) in [6, 6.07) is 12.4. The van der Waals surface area contributed by atoms with Crippen molar-refractivity contribution in [1.82, 2.24) is 9.88 Å². The third-order valence-corrected chi connectivity index (χ3v) is 7.90. The Morgan fingerprint density at radius 2 is 1.91 bits per heavy atom. The molecular formula is C25H28BrN3O2S. The summed E-state index contributed by atoms with van der Waals surface area (Å²) < 4.78 is 7.58. The molecule has 0 radical (unpaired) electrons. The molecule has 2 aromatic carbocycles. The Morgan fingerprint density at radius 1 is 1.09 bits per heavy atom. The molecule has 0 bridgehead atoms. The minimum absolute atomic E-state index is 0.0541. The van der Waals surface area contributed by atoms with Gasteiger partial charge < -0.3 is 4.74 Å². The molecule has 1 fully saturated rings. The number of aromatic nitrogens is 1. The number of hydrogen-bond donors (Lipinski definition) is 0. The zero-order valence-electron chi connectivity index (χ0n) is 18.2. The van der Waals surface area contributed by atoms with Gasteiger partial charge in [-0.1, -0.05) is 33.3 Å². The number of benzene rings is 2. The Morgan fingerprint density at radius 3 is 2.75 bits per heavy atom. The zero-order chi connectivity index (χ0) is 21.9. The topological polar surface area (TPSA) is 45.7 Å². The van der Waals surface area contributed by atoms with E-state index < -0.39 is 0 Å². The Kier molecular flexibility index (Phi) is 6.88. The number of hydrogen-bond acceptors (Lipinski definition) is 5. The molecule has 1 amide bonds. The number of nitrogens with zero attached hydrogens (tertiary/aromatic N) is 3. The molecule has 32 heavy (non-hydrogen) atoms. The molecule has 1 aliphatic carbocycles. The number of thiazole rings is 1. The Labute approximate surface area is 201 Å².